The highest BCUT2D eigenvalue weighted by molar-refractivity contribution is 7.89. The molecule has 0 atom stereocenters. The van der Waals surface area contributed by atoms with E-state index in [1.807, 2.05) is 0 Å². The van der Waals surface area contributed by atoms with E-state index in [2.05, 4.69) is 10.0 Å². The number of carbonyl (C=O) groups excluding carboxylic acids is 1. The molecule has 0 saturated carbocycles. The minimum absolute atomic E-state index is 0.0479. The van der Waals surface area contributed by atoms with Crippen LogP contribution in [0.5, 0.6) is 5.75 Å². The molecule has 2 aromatic carbocycles. The molecule has 1 amide bonds. The van der Waals surface area contributed by atoms with Crippen molar-refractivity contribution < 1.29 is 22.3 Å². The fraction of sp³-hybridized carbons (Fsp3) is 0.188. The molecule has 0 unspecified atom stereocenters. The Kier molecular flexibility index (Phi) is 6.35. The third-order valence-electron chi connectivity index (χ3n) is 3.27. The number of amides is 1. The van der Waals surface area contributed by atoms with Crippen LogP contribution in [-0.4, -0.2) is 28.0 Å². The molecule has 0 heterocycles. The number of sulfonamides is 1. The first-order chi connectivity index (χ1) is 11.8. The first kappa shape index (κ1) is 19.2. The predicted octanol–water partition coefficient (Wildman–Crippen LogP) is 2.08. The van der Waals surface area contributed by atoms with Gasteiger partial charge < -0.3 is 10.1 Å². The van der Waals surface area contributed by atoms with Crippen molar-refractivity contribution in [3.05, 3.63) is 58.9 Å². The van der Waals surface area contributed by atoms with Crippen LogP contribution in [0.1, 0.15) is 5.56 Å². The van der Waals surface area contributed by atoms with E-state index in [1.165, 1.54) is 43.5 Å². The summed E-state index contributed by atoms with van der Waals surface area (Å²) in [5.41, 5.74) is 0.301. The van der Waals surface area contributed by atoms with E-state index in [0.717, 1.165) is 0 Å². The number of carbonyl (C=O) groups is 1. The minimum atomic E-state index is -4.01. The van der Waals surface area contributed by atoms with Crippen LogP contribution in [0.4, 0.5) is 4.39 Å². The molecule has 0 bridgehead atoms. The van der Waals surface area contributed by atoms with Gasteiger partial charge in [-0.05, 0) is 24.3 Å². The Morgan fingerprint density at radius 2 is 1.96 bits per heavy atom. The number of nitrogens with one attached hydrogen (secondary N) is 2. The number of rotatable bonds is 7. The molecule has 0 aromatic heterocycles. The highest BCUT2D eigenvalue weighted by atomic mass is 35.5. The van der Waals surface area contributed by atoms with Gasteiger partial charge in [-0.1, -0.05) is 29.8 Å². The molecule has 0 spiro atoms. The predicted molar refractivity (Wildman–Crippen MR) is 91.4 cm³/mol. The van der Waals surface area contributed by atoms with E-state index in [1.54, 1.807) is 6.07 Å². The highest BCUT2D eigenvalue weighted by Gasteiger charge is 2.21. The van der Waals surface area contributed by atoms with E-state index in [0.29, 0.717) is 5.56 Å². The van der Waals surface area contributed by atoms with Gasteiger partial charge in [0.1, 0.15) is 16.5 Å². The first-order valence-corrected chi connectivity index (χ1v) is 9.03. The number of methoxy groups -OCH3 is 1. The van der Waals surface area contributed by atoms with Crippen LogP contribution in [0, 0.1) is 5.82 Å². The summed E-state index contributed by atoms with van der Waals surface area (Å²) in [6.07, 6.45) is 0. The Hall–Kier alpha value is -2.16. The van der Waals surface area contributed by atoms with Crippen molar-refractivity contribution in [3.63, 3.8) is 0 Å². The standard InChI is InChI=1S/C16H16ClFN2O4S/c1-24-14-7-6-12(17)8-15(14)25(22,23)20-10-16(21)19-9-11-4-2-3-5-13(11)18/h2-8,20H,9-10H2,1H3,(H,19,21). The van der Waals surface area contributed by atoms with Gasteiger partial charge in [-0.25, -0.2) is 17.5 Å². The van der Waals surface area contributed by atoms with Crippen molar-refractivity contribution in [1.82, 2.24) is 10.0 Å². The van der Waals surface area contributed by atoms with Crippen molar-refractivity contribution in [2.45, 2.75) is 11.4 Å². The minimum Gasteiger partial charge on any atom is -0.495 e. The van der Waals surface area contributed by atoms with Gasteiger partial charge in [0.2, 0.25) is 15.9 Å². The molecule has 0 aliphatic carbocycles. The van der Waals surface area contributed by atoms with Gasteiger partial charge in [0, 0.05) is 17.1 Å². The summed E-state index contributed by atoms with van der Waals surface area (Å²) in [7, 11) is -2.68. The Labute approximate surface area is 150 Å². The van der Waals surface area contributed by atoms with Gasteiger partial charge in [0.15, 0.2) is 0 Å². The number of hydrogen-bond acceptors (Lipinski definition) is 4. The molecule has 2 aromatic rings. The van der Waals surface area contributed by atoms with Gasteiger partial charge in [0.05, 0.1) is 13.7 Å². The fourth-order valence-corrected chi connectivity index (χ4v) is 3.41. The fourth-order valence-electron chi connectivity index (χ4n) is 2.00. The lowest BCUT2D eigenvalue weighted by Gasteiger charge is -2.11. The number of halogens is 2. The van der Waals surface area contributed by atoms with Crippen LogP contribution in [-0.2, 0) is 21.4 Å². The van der Waals surface area contributed by atoms with Gasteiger partial charge in [0.25, 0.3) is 0 Å². The molecule has 0 aliphatic heterocycles. The van der Waals surface area contributed by atoms with E-state index >= 15 is 0 Å². The average molecular weight is 387 g/mol. The maximum atomic E-state index is 13.5. The third kappa shape index (κ3) is 5.15. The van der Waals surface area contributed by atoms with E-state index in [9.17, 15) is 17.6 Å². The SMILES string of the molecule is COc1ccc(Cl)cc1S(=O)(=O)NCC(=O)NCc1ccccc1F. The lowest BCUT2D eigenvalue weighted by molar-refractivity contribution is -0.120. The highest BCUT2D eigenvalue weighted by Crippen LogP contribution is 2.26. The quantitative estimate of drug-likeness (QED) is 0.763. The summed E-state index contributed by atoms with van der Waals surface area (Å²) in [5.74, 6) is -0.955. The molecule has 134 valence electrons. The van der Waals surface area contributed by atoms with E-state index < -0.39 is 28.3 Å². The van der Waals surface area contributed by atoms with Crippen molar-refractivity contribution >= 4 is 27.5 Å². The van der Waals surface area contributed by atoms with Crippen LogP contribution < -0.4 is 14.8 Å². The van der Waals surface area contributed by atoms with Gasteiger partial charge in [-0.15, -0.1) is 0 Å². The molecule has 2 rings (SSSR count). The number of hydrogen-bond donors (Lipinski definition) is 2. The van der Waals surface area contributed by atoms with Crippen molar-refractivity contribution in [2.75, 3.05) is 13.7 Å². The third-order valence-corrected chi connectivity index (χ3v) is 4.93. The van der Waals surface area contributed by atoms with E-state index in [-0.39, 0.29) is 22.2 Å². The van der Waals surface area contributed by atoms with Crippen molar-refractivity contribution in [2.24, 2.45) is 0 Å². The Bertz CT molecular complexity index is 874. The molecule has 25 heavy (non-hydrogen) atoms. The lowest BCUT2D eigenvalue weighted by atomic mass is 10.2. The second-order valence-corrected chi connectivity index (χ2v) is 7.16. The van der Waals surface area contributed by atoms with Crippen LogP contribution >= 0.6 is 11.6 Å². The monoisotopic (exact) mass is 386 g/mol. The van der Waals surface area contributed by atoms with Crippen LogP contribution in [0.15, 0.2) is 47.4 Å². The second-order valence-electron chi connectivity index (χ2n) is 4.99. The van der Waals surface area contributed by atoms with Gasteiger partial charge in [-0.3, -0.25) is 4.79 Å². The van der Waals surface area contributed by atoms with Crippen LogP contribution in [0.2, 0.25) is 5.02 Å². The van der Waals surface area contributed by atoms with Gasteiger partial charge >= 0.3 is 0 Å². The zero-order valence-corrected chi connectivity index (χ0v) is 14.8. The van der Waals surface area contributed by atoms with Crippen molar-refractivity contribution in [3.8, 4) is 5.75 Å². The first-order valence-electron chi connectivity index (χ1n) is 7.17. The average Bonchev–Trinajstić information content (AvgIpc) is 2.59. The Morgan fingerprint density at radius 1 is 1.24 bits per heavy atom. The Balaban J connectivity index is 1.99. The number of benzene rings is 2. The summed E-state index contributed by atoms with van der Waals surface area (Å²) < 4.78 is 45.2. The van der Waals surface area contributed by atoms with Crippen LogP contribution in [0.25, 0.3) is 0 Å². The zero-order chi connectivity index (χ0) is 18.4. The molecule has 2 N–H and O–H groups in total. The summed E-state index contributed by atoms with van der Waals surface area (Å²) >= 11 is 5.81. The topological polar surface area (TPSA) is 84.5 Å². The Morgan fingerprint density at radius 3 is 2.64 bits per heavy atom. The maximum Gasteiger partial charge on any atom is 0.244 e. The van der Waals surface area contributed by atoms with Gasteiger partial charge in [-0.2, -0.15) is 0 Å². The zero-order valence-electron chi connectivity index (χ0n) is 13.3. The second kappa shape index (κ2) is 8.28. The van der Waals surface area contributed by atoms with Crippen LogP contribution in [0.3, 0.4) is 0 Å². The molecule has 9 heteroatoms. The maximum absolute atomic E-state index is 13.5. The van der Waals surface area contributed by atoms with E-state index in [4.69, 9.17) is 16.3 Å². The molecular formula is C16H16ClFN2O4S. The molecule has 0 fully saturated rings. The molecule has 0 radical (unpaired) electrons. The molecule has 6 nitrogen and oxygen atoms in total. The summed E-state index contributed by atoms with van der Waals surface area (Å²) in [4.78, 5) is 11.6. The summed E-state index contributed by atoms with van der Waals surface area (Å²) in [5, 5.41) is 2.65. The smallest absolute Gasteiger partial charge is 0.244 e. The summed E-state index contributed by atoms with van der Waals surface area (Å²) in [6.45, 7) is -0.555. The lowest BCUT2D eigenvalue weighted by Crippen LogP contribution is -2.36. The van der Waals surface area contributed by atoms with Crippen molar-refractivity contribution in [1.29, 1.82) is 0 Å². The number of ether oxygens (including phenoxy) is 1. The largest absolute Gasteiger partial charge is 0.495 e. The normalized spacial score (nSPS) is 11.2. The summed E-state index contributed by atoms with van der Waals surface area (Å²) in [6, 6.07) is 10.1. The molecule has 0 saturated heterocycles. The molecule has 0 aliphatic rings. The molecular weight excluding hydrogens is 371 g/mol.